The van der Waals surface area contributed by atoms with Crippen LogP contribution in [0.1, 0.15) is 27.0 Å². The van der Waals surface area contributed by atoms with E-state index < -0.39 is 0 Å². The summed E-state index contributed by atoms with van der Waals surface area (Å²) in [6.07, 6.45) is 0.815. The average molecular weight is 352 g/mol. The van der Waals surface area contributed by atoms with Gasteiger partial charge in [-0.15, -0.1) is 0 Å². The van der Waals surface area contributed by atoms with E-state index in [-0.39, 0.29) is 5.78 Å². The molecular formula is C14H8Br2O. The Kier molecular flexibility index (Phi) is 2.68. The van der Waals surface area contributed by atoms with Crippen LogP contribution in [0.5, 0.6) is 0 Å². The maximum absolute atomic E-state index is 12.3. The van der Waals surface area contributed by atoms with E-state index >= 15 is 0 Å². The van der Waals surface area contributed by atoms with Gasteiger partial charge in [-0.3, -0.25) is 4.79 Å². The molecule has 2 aromatic rings. The van der Waals surface area contributed by atoms with E-state index in [1.807, 2.05) is 36.4 Å². The fraction of sp³-hybridized carbons (Fsp3) is 0.0714. The summed E-state index contributed by atoms with van der Waals surface area (Å²) in [6.45, 7) is 0. The molecule has 1 aliphatic carbocycles. The Morgan fingerprint density at radius 3 is 1.76 bits per heavy atom. The number of benzene rings is 2. The standard InChI is InChI=1S/C14H8Br2O/c15-10-1-3-12-8(6-10)5-9-7-11(16)2-4-13(9)14(12)17/h1-4,6-7H,5H2. The molecular weight excluding hydrogens is 344 g/mol. The second kappa shape index (κ2) is 4.07. The van der Waals surface area contributed by atoms with Gasteiger partial charge in [-0.1, -0.05) is 31.9 Å². The molecule has 0 aliphatic heterocycles. The van der Waals surface area contributed by atoms with Gasteiger partial charge in [0, 0.05) is 20.1 Å². The van der Waals surface area contributed by atoms with Crippen molar-refractivity contribution in [2.24, 2.45) is 0 Å². The summed E-state index contributed by atoms with van der Waals surface area (Å²) in [6, 6.07) is 11.7. The van der Waals surface area contributed by atoms with Gasteiger partial charge in [0.1, 0.15) is 0 Å². The summed E-state index contributed by atoms with van der Waals surface area (Å²) in [4.78, 5) is 12.3. The van der Waals surface area contributed by atoms with E-state index in [2.05, 4.69) is 31.9 Å². The van der Waals surface area contributed by atoms with Crippen LogP contribution in [0.15, 0.2) is 45.3 Å². The number of ketones is 1. The summed E-state index contributed by atoms with van der Waals surface area (Å²) in [5, 5.41) is 0. The van der Waals surface area contributed by atoms with Crippen LogP contribution in [-0.2, 0) is 6.42 Å². The lowest BCUT2D eigenvalue weighted by atomic mass is 9.85. The van der Waals surface area contributed by atoms with Crippen LogP contribution in [0.25, 0.3) is 0 Å². The topological polar surface area (TPSA) is 17.1 Å². The molecule has 17 heavy (non-hydrogen) atoms. The summed E-state index contributed by atoms with van der Waals surface area (Å²) >= 11 is 6.89. The number of carbonyl (C=O) groups excluding carboxylic acids is 1. The highest BCUT2D eigenvalue weighted by Gasteiger charge is 2.23. The molecule has 0 amide bonds. The average Bonchev–Trinajstić information content (AvgIpc) is 2.28. The highest BCUT2D eigenvalue weighted by atomic mass is 79.9. The van der Waals surface area contributed by atoms with Crippen LogP contribution < -0.4 is 0 Å². The fourth-order valence-electron chi connectivity index (χ4n) is 2.21. The van der Waals surface area contributed by atoms with Gasteiger partial charge in [-0.2, -0.15) is 0 Å². The van der Waals surface area contributed by atoms with Gasteiger partial charge in [0.15, 0.2) is 5.78 Å². The van der Waals surface area contributed by atoms with Crippen molar-refractivity contribution >= 4 is 37.6 Å². The van der Waals surface area contributed by atoms with E-state index in [4.69, 9.17) is 0 Å². The minimum atomic E-state index is 0.126. The van der Waals surface area contributed by atoms with Gasteiger partial charge >= 0.3 is 0 Å². The normalized spacial score (nSPS) is 13.2. The molecule has 84 valence electrons. The first-order valence-electron chi connectivity index (χ1n) is 5.27. The number of carbonyl (C=O) groups is 1. The molecule has 0 N–H and O–H groups in total. The van der Waals surface area contributed by atoms with Crippen molar-refractivity contribution in [3.8, 4) is 0 Å². The van der Waals surface area contributed by atoms with Crippen LogP contribution in [0.4, 0.5) is 0 Å². The Labute approximate surface area is 116 Å². The van der Waals surface area contributed by atoms with Crippen LogP contribution in [0, 0.1) is 0 Å². The second-order valence-electron chi connectivity index (χ2n) is 4.11. The number of hydrogen-bond donors (Lipinski definition) is 0. The van der Waals surface area contributed by atoms with Gasteiger partial charge in [-0.25, -0.2) is 0 Å². The molecule has 0 fully saturated rings. The van der Waals surface area contributed by atoms with Crippen molar-refractivity contribution in [2.45, 2.75) is 6.42 Å². The van der Waals surface area contributed by atoms with E-state index in [1.54, 1.807) is 0 Å². The summed E-state index contributed by atoms with van der Waals surface area (Å²) in [5.74, 6) is 0.126. The zero-order chi connectivity index (χ0) is 12.0. The predicted molar refractivity (Wildman–Crippen MR) is 74.5 cm³/mol. The zero-order valence-corrected chi connectivity index (χ0v) is 12.0. The molecule has 1 nitrogen and oxygen atoms in total. The van der Waals surface area contributed by atoms with E-state index in [0.29, 0.717) is 0 Å². The van der Waals surface area contributed by atoms with Crippen LogP contribution >= 0.6 is 31.9 Å². The highest BCUT2D eigenvalue weighted by Crippen LogP contribution is 2.30. The van der Waals surface area contributed by atoms with Gasteiger partial charge in [0.05, 0.1) is 0 Å². The van der Waals surface area contributed by atoms with E-state index in [0.717, 1.165) is 37.6 Å². The molecule has 0 heterocycles. The lowest BCUT2D eigenvalue weighted by molar-refractivity contribution is 0.103. The molecule has 0 aromatic heterocycles. The van der Waals surface area contributed by atoms with Crippen molar-refractivity contribution in [3.05, 3.63) is 67.6 Å². The lowest BCUT2D eigenvalue weighted by Gasteiger charge is -2.18. The molecule has 0 spiro atoms. The first kappa shape index (κ1) is 11.2. The fourth-order valence-corrected chi connectivity index (χ4v) is 3.03. The summed E-state index contributed by atoms with van der Waals surface area (Å²) in [5.41, 5.74) is 3.83. The maximum atomic E-state index is 12.3. The number of halogens is 2. The second-order valence-corrected chi connectivity index (χ2v) is 5.94. The Morgan fingerprint density at radius 1 is 0.824 bits per heavy atom. The number of rotatable bonds is 0. The molecule has 0 unspecified atom stereocenters. The third kappa shape index (κ3) is 1.87. The number of fused-ring (bicyclic) bond motifs is 2. The van der Waals surface area contributed by atoms with Crippen molar-refractivity contribution in [3.63, 3.8) is 0 Å². The molecule has 3 rings (SSSR count). The SMILES string of the molecule is O=C1c2ccc(Br)cc2Cc2cc(Br)ccc21. The molecule has 3 heteroatoms. The van der Waals surface area contributed by atoms with Crippen molar-refractivity contribution in [1.82, 2.24) is 0 Å². The van der Waals surface area contributed by atoms with Crippen LogP contribution in [0.2, 0.25) is 0 Å². The number of hydrogen-bond acceptors (Lipinski definition) is 1. The quantitative estimate of drug-likeness (QED) is 0.588. The van der Waals surface area contributed by atoms with Crippen LogP contribution in [-0.4, -0.2) is 5.78 Å². The Morgan fingerprint density at radius 2 is 1.29 bits per heavy atom. The third-order valence-electron chi connectivity index (χ3n) is 3.00. The Bertz CT molecular complexity index is 579. The molecule has 0 atom stereocenters. The van der Waals surface area contributed by atoms with Crippen molar-refractivity contribution in [2.75, 3.05) is 0 Å². The smallest absolute Gasteiger partial charge is 0.193 e. The molecule has 2 aromatic carbocycles. The lowest BCUT2D eigenvalue weighted by Crippen LogP contribution is -2.14. The van der Waals surface area contributed by atoms with Crippen molar-refractivity contribution in [1.29, 1.82) is 0 Å². The van der Waals surface area contributed by atoms with Gasteiger partial charge in [-0.05, 0) is 53.9 Å². The van der Waals surface area contributed by atoms with Crippen LogP contribution in [0.3, 0.4) is 0 Å². The summed E-state index contributed by atoms with van der Waals surface area (Å²) in [7, 11) is 0. The third-order valence-corrected chi connectivity index (χ3v) is 3.99. The monoisotopic (exact) mass is 350 g/mol. The highest BCUT2D eigenvalue weighted by molar-refractivity contribution is 9.10. The minimum absolute atomic E-state index is 0.126. The minimum Gasteiger partial charge on any atom is -0.289 e. The van der Waals surface area contributed by atoms with Gasteiger partial charge in [0.2, 0.25) is 0 Å². The Balaban J connectivity index is 2.21. The first-order valence-corrected chi connectivity index (χ1v) is 6.85. The van der Waals surface area contributed by atoms with E-state index in [9.17, 15) is 4.79 Å². The zero-order valence-electron chi connectivity index (χ0n) is 8.84. The molecule has 0 saturated heterocycles. The molecule has 1 aliphatic rings. The summed E-state index contributed by atoms with van der Waals surface area (Å²) < 4.78 is 2.03. The molecule has 0 radical (unpaired) electrons. The largest absolute Gasteiger partial charge is 0.289 e. The van der Waals surface area contributed by atoms with E-state index in [1.165, 1.54) is 0 Å². The predicted octanol–water partition coefficient (Wildman–Crippen LogP) is 4.35. The Hall–Kier alpha value is -0.930. The van der Waals surface area contributed by atoms with Gasteiger partial charge in [0.25, 0.3) is 0 Å². The van der Waals surface area contributed by atoms with Gasteiger partial charge < -0.3 is 0 Å². The maximum Gasteiger partial charge on any atom is 0.193 e. The van der Waals surface area contributed by atoms with Crippen molar-refractivity contribution < 1.29 is 4.79 Å². The first-order chi connectivity index (χ1) is 8.15. The molecule has 0 bridgehead atoms. The molecule has 0 saturated carbocycles.